The van der Waals surface area contributed by atoms with Crippen LogP contribution < -0.4 is 5.63 Å². The Bertz CT molecular complexity index is 745. The largest absolute Gasteiger partial charge is 0.427 e. The molecule has 3 nitrogen and oxygen atoms in total. The molecular formula is C16H14O3. The van der Waals surface area contributed by atoms with E-state index in [-0.39, 0.29) is 11.2 Å². The molecule has 0 saturated heterocycles. The number of rotatable bonds is 0. The molecule has 0 saturated carbocycles. The minimum Gasteiger partial charge on any atom is -0.427 e. The molecule has 0 amide bonds. The number of hydrogen-bond acceptors (Lipinski definition) is 3. The van der Waals surface area contributed by atoms with Crippen LogP contribution in [0.15, 0.2) is 39.5 Å². The van der Waals surface area contributed by atoms with Gasteiger partial charge >= 0.3 is 5.63 Å². The topological polar surface area (TPSA) is 47.3 Å². The van der Waals surface area contributed by atoms with E-state index in [1.807, 2.05) is 39.0 Å². The predicted octanol–water partition coefficient (Wildman–Crippen LogP) is 3.15. The molecule has 0 radical (unpaired) electrons. The number of benzene rings is 1. The van der Waals surface area contributed by atoms with Crippen molar-refractivity contribution >= 4 is 5.78 Å². The van der Waals surface area contributed by atoms with Gasteiger partial charge in [-0.1, -0.05) is 45.0 Å². The summed E-state index contributed by atoms with van der Waals surface area (Å²) in [6.07, 6.45) is 0. The smallest absolute Gasteiger partial charge is 0.336 e. The van der Waals surface area contributed by atoms with E-state index in [1.165, 1.54) is 6.07 Å². The fourth-order valence-electron chi connectivity index (χ4n) is 2.51. The summed E-state index contributed by atoms with van der Waals surface area (Å²) >= 11 is 0. The fraction of sp³-hybridized carbons (Fsp3) is 0.250. The highest BCUT2D eigenvalue weighted by atomic mass is 16.4. The highest BCUT2D eigenvalue weighted by Crippen LogP contribution is 2.40. The van der Waals surface area contributed by atoms with Gasteiger partial charge < -0.3 is 4.42 Å². The monoisotopic (exact) mass is 254 g/mol. The molecule has 0 bridgehead atoms. The highest BCUT2D eigenvalue weighted by molar-refractivity contribution is 6.22. The van der Waals surface area contributed by atoms with Crippen molar-refractivity contribution in [3.8, 4) is 11.1 Å². The van der Waals surface area contributed by atoms with Gasteiger partial charge in [-0.05, 0) is 5.56 Å². The van der Waals surface area contributed by atoms with Crippen LogP contribution in [0.25, 0.3) is 11.1 Å². The summed E-state index contributed by atoms with van der Waals surface area (Å²) in [6.45, 7) is 5.80. The average molecular weight is 254 g/mol. The highest BCUT2D eigenvalue weighted by Gasteiger charge is 2.35. The van der Waals surface area contributed by atoms with E-state index in [0.717, 1.165) is 5.56 Å². The van der Waals surface area contributed by atoms with Crippen molar-refractivity contribution in [2.75, 3.05) is 0 Å². The summed E-state index contributed by atoms with van der Waals surface area (Å²) in [6, 6.07) is 8.76. The molecule has 0 aliphatic heterocycles. The first-order chi connectivity index (χ1) is 8.89. The molecule has 3 rings (SSSR count). The molecule has 0 unspecified atom stereocenters. The molecule has 0 N–H and O–H groups in total. The van der Waals surface area contributed by atoms with Gasteiger partial charge in [-0.3, -0.25) is 4.79 Å². The zero-order valence-corrected chi connectivity index (χ0v) is 11.1. The normalized spacial score (nSPS) is 13.3. The number of hydrogen-bond donors (Lipinski definition) is 0. The van der Waals surface area contributed by atoms with E-state index >= 15 is 0 Å². The van der Waals surface area contributed by atoms with Gasteiger partial charge in [0.15, 0.2) is 5.78 Å². The summed E-state index contributed by atoms with van der Waals surface area (Å²) in [7, 11) is 0. The van der Waals surface area contributed by atoms with E-state index in [1.54, 1.807) is 6.07 Å². The van der Waals surface area contributed by atoms with Crippen molar-refractivity contribution < 1.29 is 9.21 Å². The number of carbonyl (C=O) groups is 1. The lowest BCUT2D eigenvalue weighted by molar-refractivity contribution is 0.103. The lowest BCUT2D eigenvalue weighted by Gasteiger charge is -2.19. The Hall–Kier alpha value is -2.16. The lowest BCUT2D eigenvalue weighted by atomic mass is 9.88. The van der Waals surface area contributed by atoms with Gasteiger partial charge in [0.1, 0.15) is 5.76 Å². The Labute approximate surface area is 110 Å². The van der Waals surface area contributed by atoms with Gasteiger partial charge in [-0.15, -0.1) is 0 Å². The van der Waals surface area contributed by atoms with E-state index in [0.29, 0.717) is 22.5 Å². The SMILES string of the molecule is CC(C)(C)c1oc(=O)cc2c1C(=O)c1ccccc1-2. The van der Waals surface area contributed by atoms with Crippen LogP contribution in [0, 0.1) is 0 Å². The quantitative estimate of drug-likeness (QED) is 0.619. The van der Waals surface area contributed by atoms with E-state index < -0.39 is 5.63 Å². The third-order valence-corrected chi connectivity index (χ3v) is 3.33. The second-order valence-corrected chi connectivity index (χ2v) is 5.81. The summed E-state index contributed by atoms with van der Waals surface area (Å²) in [5, 5.41) is 0. The van der Waals surface area contributed by atoms with Crippen LogP contribution in [0.5, 0.6) is 0 Å². The van der Waals surface area contributed by atoms with Crippen LogP contribution in [-0.4, -0.2) is 5.78 Å². The number of ketones is 1. The number of fused-ring (bicyclic) bond motifs is 3. The minimum atomic E-state index is -0.409. The first-order valence-corrected chi connectivity index (χ1v) is 6.22. The van der Waals surface area contributed by atoms with Crippen LogP contribution >= 0.6 is 0 Å². The van der Waals surface area contributed by atoms with E-state index in [9.17, 15) is 9.59 Å². The summed E-state index contributed by atoms with van der Waals surface area (Å²) in [5.74, 6) is 0.412. The fourth-order valence-corrected chi connectivity index (χ4v) is 2.51. The van der Waals surface area contributed by atoms with Crippen molar-refractivity contribution in [1.29, 1.82) is 0 Å². The van der Waals surface area contributed by atoms with E-state index in [4.69, 9.17) is 4.42 Å². The third kappa shape index (κ3) is 1.65. The standard InChI is InChI=1S/C16H14O3/c1-16(2,3)15-13-11(8-12(17)19-15)9-6-4-5-7-10(9)14(13)18/h4-8H,1-3H3. The molecule has 1 heterocycles. The molecule has 1 aliphatic carbocycles. The first kappa shape index (κ1) is 11.9. The van der Waals surface area contributed by atoms with Gasteiger partial charge in [0.2, 0.25) is 0 Å². The average Bonchev–Trinajstić information content (AvgIpc) is 2.62. The Morgan fingerprint density at radius 1 is 0.947 bits per heavy atom. The van der Waals surface area contributed by atoms with Crippen molar-refractivity contribution in [3.63, 3.8) is 0 Å². The second kappa shape index (κ2) is 3.67. The van der Waals surface area contributed by atoms with Gasteiger partial charge in [-0.25, -0.2) is 4.79 Å². The summed E-state index contributed by atoms with van der Waals surface area (Å²) in [4.78, 5) is 24.2. The molecule has 0 spiro atoms. The van der Waals surface area contributed by atoms with Crippen molar-refractivity contribution in [2.45, 2.75) is 26.2 Å². The summed E-state index contributed by atoms with van der Waals surface area (Å²) in [5.41, 5.74) is 1.90. The molecule has 2 aromatic rings. The van der Waals surface area contributed by atoms with Gasteiger partial charge in [0.25, 0.3) is 0 Å². The molecule has 1 aromatic carbocycles. The van der Waals surface area contributed by atoms with Gasteiger partial charge in [0, 0.05) is 22.6 Å². The molecular weight excluding hydrogens is 240 g/mol. The van der Waals surface area contributed by atoms with E-state index in [2.05, 4.69) is 0 Å². The Kier molecular flexibility index (Phi) is 2.30. The van der Waals surface area contributed by atoms with Gasteiger partial charge in [-0.2, -0.15) is 0 Å². The maximum absolute atomic E-state index is 12.5. The zero-order chi connectivity index (χ0) is 13.8. The number of carbonyl (C=O) groups excluding carboxylic acids is 1. The molecule has 0 fully saturated rings. The third-order valence-electron chi connectivity index (χ3n) is 3.33. The maximum Gasteiger partial charge on any atom is 0.336 e. The molecule has 0 atom stereocenters. The first-order valence-electron chi connectivity index (χ1n) is 6.22. The Balaban J connectivity index is 2.42. The lowest BCUT2D eigenvalue weighted by Crippen LogP contribution is -2.19. The van der Waals surface area contributed by atoms with Crippen LogP contribution in [0.3, 0.4) is 0 Å². The Morgan fingerprint density at radius 3 is 2.21 bits per heavy atom. The van der Waals surface area contributed by atoms with Crippen molar-refractivity contribution in [3.05, 3.63) is 57.6 Å². The van der Waals surface area contributed by atoms with Crippen LogP contribution in [0.1, 0.15) is 42.5 Å². The van der Waals surface area contributed by atoms with Crippen molar-refractivity contribution in [1.82, 2.24) is 0 Å². The van der Waals surface area contributed by atoms with Crippen LogP contribution in [0.4, 0.5) is 0 Å². The predicted molar refractivity (Wildman–Crippen MR) is 72.5 cm³/mol. The zero-order valence-electron chi connectivity index (χ0n) is 11.1. The van der Waals surface area contributed by atoms with Crippen LogP contribution in [-0.2, 0) is 5.41 Å². The van der Waals surface area contributed by atoms with Crippen molar-refractivity contribution in [2.24, 2.45) is 0 Å². The molecule has 19 heavy (non-hydrogen) atoms. The van der Waals surface area contributed by atoms with Gasteiger partial charge in [0.05, 0.1) is 5.56 Å². The molecule has 3 heteroatoms. The Morgan fingerprint density at radius 2 is 1.58 bits per heavy atom. The minimum absolute atomic E-state index is 0.0562. The molecule has 1 aromatic heterocycles. The van der Waals surface area contributed by atoms with Crippen LogP contribution in [0.2, 0.25) is 0 Å². The molecule has 96 valence electrons. The second-order valence-electron chi connectivity index (χ2n) is 5.81. The maximum atomic E-state index is 12.5. The molecule has 1 aliphatic rings. The summed E-state index contributed by atoms with van der Waals surface area (Å²) < 4.78 is 5.31.